The number of pyridine rings is 1. The Hall–Kier alpha value is -2.53. The molecule has 0 fully saturated rings. The summed E-state index contributed by atoms with van der Waals surface area (Å²) < 4.78 is 65.6. The Morgan fingerprint density at radius 3 is 2.43 bits per heavy atom. The molecule has 12 heteroatoms. The molecule has 0 bridgehead atoms. The van der Waals surface area contributed by atoms with E-state index < -0.39 is 52.8 Å². The molecule has 0 aromatic carbocycles. The topological polar surface area (TPSA) is 103 Å². The fraction of sp³-hybridized carbons (Fsp3) is 0.333. The first-order valence-corrected chi connectivity index (χ1v) is 4.94. The molecule has 21 heavy (non-hydrogen) atoms. The third-order valence-electron chi connectivity index (χ3n) is 2.08. The minimum Gasteiger partial charge on any atom is -0.481 e. The predicted molar refractivity (Wildman–Crippen MR) is 53.9 cm³/mol. The van der Waals surface area contributed by atoms with Crippen LogP contribution in [-0.2, 0) is 11.2 Å². The highest BCUT2D eigenvalue weighted by Crippen LogP contribution is 2.40. The quantitative estimate of drug-likeness (QED) is 0.508. The molecule has 0 unspecified atom stereocenters. The lowest BCUT2D eigenvalue weighted by Gasteiger charge is -2.15. The van der Waals surface area contributed by atoms with Gasteiger partial charge in [0, 0.05) is 0 Å². The van der Waals surface area contributed by atoms with Gasteiger partial charge in [-0.2, -0.15) is 0 Å². The van der Waals surface area contributed by atoms with Crippen LogP contribution in [0.4, 0.5) is 27.6 Å². The summed E-state index contributed by atoms with van der Waals surface area (Å²) in [7, 11) is 0. The summed E-state index contributed by atoms with van der Waals surface area (Å²) in [4.78, 5) is 22.8. The maximum absolute atomic E-state index is 12.8. The number of nitro groups is 1. The average Bonchev–Trinajstić information content (AvgIpc) is 2.27. The minimum atomic E-state index is -5.45. The molecule has 0 aliphatic carbocycles. The van der Waals surface area contributed by atoms with Gasteiger partial charge in [-0.25, -0.2) is 13.8 Å². The maximum atomic E-state index is 12.8. The monoisotopic (exact) mass is 316 g/mol. The van der Waals surface area contributed by atoms with Crippen molar-refractivity contribution in [2.75, 3.05) is 0 Å². The Morgan fingerprint density at radius 1 is 1.48 bits per heavy atom. The lowest BCUT2D eigenvalue weighted by Crippen LogP contribution is -2.21. The lowest BCUT2D eigenvalue weighted by atomic mass is 10.1. The van der Waals surface area contributed by atoms with Crippen LogP contribution in [0.15, 0.2) is 6.20 Å². The third kappa shape index (κ3) is 4.22. The van der Waals surface area contributed by atoms with E-state index in [4.69, 9.17) is 5.11 Å². The molecule has 1 aromatic rings. The van der Waals surface area contributed by atoms with Gasteiger partial charge in [0.05, 0.1) is 17.0 Å². The Kier molecular flexibility index (Phi) is 4.60. The molecular weight excluding hydrogens is 311 g/mol. The lowest BCUT2D eigenvalue weighted by molar-refractivity contribution is -0.386. The molecule has 1 N–H and O–H groups in total. The van der Waals surface area contributed by atoms with Crippen LogP contribution in [0.25, 0.3) is 0 Å². The number of nitrogens with zero attached hydrogens (tertiary/aromatic N) is 2. The molecule has 1 aromatic heterocycles. The van der Waals surface area contributed by atoms with E-state index in [2.05, 4.69) is 9.72 Å². The van der Waals surface area contributed by atoms with Crippen LogP contribution in [-0.4, -0.2) is 27.3 Å². The number of carboxylic acids is 1. The van der Waals surface area contributed by atoms with Crippen LogP contribution >= 0.6 is 0 Å². The van der Waals surface area contributed by atoms with Gasteiger partial charge >= 0.3 is 12.3 Å². The van der Waals surface area contributed by atoms with E-state index in [0.29, 0.717) is 0 Å². The first-order chi connectivity index (χ1) is 9.53. The standard InChI is InChI=1S/C9H5F5N2O5/c10-8(11)6-4(16(19)20)2-15-3(1-5(17)18)7(6)21-9(12,13)14/h2,8H,1H2,(H,17,18). The number of carboxylic acid groups (broad SMARTS) is 1. The van der Waals surface area contributed by atoms with Crippen molar-refractivity contribution < 1.29 is 41.5 Å². The minimum absolute atomic E-state index is 0.253. The second-order valence-electron chi connectivity index (χ2n) is 3.51. The van der Waals surface area contributed by atoms with E-state index in [0.717, 1.165) is 0 Å². The molecule has 116 valence electrons. The van der Waals surface area contributed by atoms with Gasteiger partial charge in [0.15, 0.2) is 5.75 Å². The SMILES string of the molecule is O=C(O)Cc1ncc([N+](=O)[O-])c(C(F)F)c1OC(F)(F)F. The predicted octanol–water partition coefficient (Wildman–Crippen LogP) is 2.45. The molecule has 0 spiro atoms. The van der Waals surface area contributed by atoms with Crippen molar-refractivity contribution in [1.29, 1.82) is 0 Å². The number of ether oxygens (including phenoxy) is 1. The van der Waals surface area contributed by atoms with Crippen LogP contribution in [0.2, 0.25) is 0 Å². The van der Waals surface area contributed by atoms with Gasteiger partial charge in [-0.15, -0.1) is 13.2 Å². The highest BCUT2D eigenvalue weighted by Gasteiger charge is 2.38. The number of alkyl halides is 5. The van der Waals surface area contributed by atoms with Crippen LogP contribution < -0.4 is 4.74 Å². The van der Waals surface area contributed by atoms with Crippen LogP contribution in [0.5, 0.6) is 5.75 Å². The van der Waals surface area contributed by atoms with Crippen molar-refractivity contribution in [2.45, 2.75) is 19.2 Å². The first-order valence-electron chi connectivity index (χ1n) is 4.94. The van der Waals surface area contributed by atoms with E-state index >= 15 is 0 Å². The zero-order valence-corrected chi connectivity index (χ0v) is 9.73. The summed E-state index contributed by atoms with van der Waals surface area (Å²) in [6.07, 6.45) is -10.1. The molecule has 0 aliphatic heterocycles. The Balaban J connectivity index is 3.57. The Labute approximate surface area is 112 Å². The van der Waals surface area contributed by atoms with E-state index in [-0.39, 0.29) is 6.20 Å². The smallest absolute Gasteiger partial charge is 0.481 e. The number of aliphatic carboxylic acids is 1. The highest BCUT2D eigenvalue weighted by molar-refractivity contribution is 5.71. The summed E-state index contributed by atoms with van der Waals surface area (Å²) in [6, 6.07) is 0. The van der Waals surface area contributed by atoms with Gasteiger partial charge in [-0.3, -0.25) is 14.9 Å². The van der Waals surface area contributed by atoms with Crippen molar-refractivity contribution in [1.82, 2.24) is 4.98 Å². The van der Waals surface area contributed by atoms with Crippen molar-refractivity contribution in [3.05, 3.63) is 27.6 Å². The van der Waals surface area contributed by atoms with Gasteiger partial charge in [-0.1, -0.05) is 0 Å². The molecule has 1 rings (SSSR count). The van der Waals surface area contributed by atoms with Crippen molar-refractivity contribution in [2.24, 2.45) is 0 Å². The zero-order chi connectivity index (χ0) is 16.4. The van der Waals surface area contributed by atoms with E-state index in [1.54, 1.807) is 0 Å². The van der Waals surface area contributed by atoms with E-state index in [1.807, 2.05) is 0 Å². The molecule has 0 saturated carbocycles. The van der Waals surface area contributed by atoms with E-state index in [9.17, 15) is 36.9 Å². The number of hydrogen-bond acceptors (Lipinski definition) is 5. The van der Waals surface area contributed by atoms with Gasteiger partial charge < -0.3 is 9.84 Å². The molecular formula is C9H5F5N2O5. The van der Waals surface area contributed by atoms with Crippen molar-refractivity contribution >= 4 is 11.7 Å². The van der Waals surface area contributed by atoms with Gasteiger partial charge in [0.1, 0.15) is 11.8 Å². The average molecular weight is 316 g/mol. The molecule has 1 heterocycles. The largest absolute Gasteiger partial charge is 0.573 e. The Morgan fingerprint density at radius 2 is 2.05 bits per heavy atom. The summed E-state index contributed by atoms with van der Waals surface area (Å²) in [6.45, 7) is 0. The van der Waals surface area contributed by atoms with E-state index in [1.165, 1.54) is 0 Å². The van der Waals surface area contributed by atoms with Gasteiger partial charge in [0.2, 0.25) is 0 Å². The summed E-state index contributed by atoms with van der Waals surface area (Å²) in [5.41, 5.74) is -4.08. The van der Waals surface area contributed by atoms with Crippen LogP contribution in [0.3, 0.4) is 0 Å². The second-order valence-corrected chi connectivity index (χ2v) is 3.51. The summed E-state index contributed by atoms with van der Waals surface area (Å²) in [5, 5.41) is 19.1. The number of rotatable bonds is 5. The molecule has 0 amide bonds. The third-order valence-corrected chi connectivity index (χ3v) is 2.08. The molecule has 0 saturated heterocycles. The van der Waals surface area contributed by atoms with Crippen molar-refractivity contribution in [3.63, 3.8) is 0 Å². The van der Waals surface area contributed by atoms with Gasteiger partial charge in [-0.05, 0) is 0 Å². The number of hydrogen-bond donors (Lipinski definition) is 1. The molecule has 7 nitrogen and oxygen atoms in total. The fourth-order valence-corrected chi connectivity index (χ4v) is 1.39. The normalized spacial score (nSPS) is 11.5. The van der Waals surface area contributed by atoms with Crippen LogP contribution in [0, 0.1) is 10.1 Å². The fourth-order valence-electron chi connectivity index (χ4n) is 1.39. The molecule has 0 aliphatic rings. The highest BCUT2D eigenvalue weighted by atomic mass is 19.4. The molecule has 0 atom stereocenters. The number of halogens is 5. The maximum Gasteiger partial charge on any atom is 0.573 e. The zero-order valence-electron chi connectivity index (χ0n) is 9.73. The van der Waals surface area contributed by atoms with Crippen molar-refractivity contribution in [3.8, 4) is 5.75 Å². The first kappa shape index (κ1) is 16.5. The second kappa shape index (κ2) is 5.85. The summed E-state index contributed by atoms with van der Waals surface area (Å²) in [5.74, 6) is -3.35. The summed E-state index contributed by atoms with van der Waals surface area (Å²) >= 11 is 0. The van der Waals surface area contributed by atoms with Gasteiger partial charge in [0.25, 0.3) is 12.1 Å². The number of aromatic nitrogens is 1. The molecule has 0 radical (unpaired) electrons. The van der Waals surface area contributed by atoms with Crippen LogP contribution in [0.1, 0.15) is 17.7 Å². The number of carbonyl (C=O) groups is 1. The Bertz CT molecular complexity index is 574.